The molecule has 1 unspecified atom stereocenters. The molecule has 44 heavy (non-hydrogen) atoms. The number of fused-ring (bicyclic) bond motifs is 6. The minimum atomic E-state index is -0.351. The predicted molar refractivity (Wildman–Crippen MR) is 182 cm³/mol. The molecule has 208 valence electrons. The number of nitrogens with zero attached hydrogens (tertiary/aromatic N) is 3. The number of aromatic nitrogens is 2. The Balaban J connectivity index is 1.35. The highest BCUT2D eigenvalue weighted by molar-refractivity contribution is 7.22. The Labute approximate surface area is 257 Å². The number of hydrogen-bond acceptors (Lipinski definition) is 4. The van der Waals surface area contributed by atoms with Gasteiger partial charge in [-0.1, -0.05) is 115 Å². The lowest BCUT2D eigenvalue weighted by atomic mass is 10.0. The average Bonchev–Trinajstić information content (AvgIpc) is 3.68. The van der Waals surface area contributed by atoms with Crippen molar-refractivity contribution in [3.63, 3.8) is 0 Å². The van der Waals surface area contributed by atoms with Gasteiger partial charge in [0.15, 0.2) is 0 Å². The van der Waals surface area contributed by atoms with Crippen molar-refractivity contribution < 1.29 is 0 Å². The van der Waals surface area contributed by atoms with Crippen molar-refractivity contribution in [3.05, 3.63) is 162 Å². The van der Waals surface area contributed by atoms with Gasteiger partial charge in [-0.25, -0.2) is 9.98 Å². The fourth-order valence-corrected chi connectivity index (χ4v) is 7.53. The Hall–Kier alpha value is -5.52. The van der Waals surface area contributed by atoms with E-state index in [-0.39, 0.29) is 6.29 Å². The molecular formula is C39H26N4S. The molecule has 0 aliphatic carbocycles. The van der Waals surface area contributed by atoms with Crippen molar-refractivity contribution >= 4 is 49.1 Å². The third-order valence-corrected chi connectivity index (χ3v) is 9.59. The van der Waals surface area contributed by atoms with Crippen LogP contribution < -0.4 is 15.9 Å². The maximum atomic E-state index is 5.33. The topological polar surface area (TPSA) is 42.2 Å². The molecule has 8 aromatic rings. The summed E-state index contributed by atoms with van der Waals surface area (Å²) >= 11 is 1.75. The molecule has 0 amide bonds. The van der Waals surface area contributed by atoms with Crippen LogP contribution in [0.4, 0.5) is 0 Å². The van der Waals surface area contributed by atoms with E-state index in [1.165, 1.54) is 21.9 Å². The number of hydrogen-bond donors (Lipinski definition) is 1. The van der Waals surface area contributed by atoms with Gasteiger partial charge in [0.05, 0.1) is 32.3 Å². The van der Waals surface area contributed by atoms with Crippen molar-refractivity contribution in [2.45, 2.75) is 6.29 Å². The summed E-state index contributed by atoms with van der Waals surface area (Å²) < 4.78 is 3.55. The van der Waals surface area contributed by atoms with Gasteiger partial charge in [0.2, 0.25) is 6.29 Å². The molecule has 0 bridgehead atoms. The standard InChI is InChI=1S/C39H26N4S/c1-4-12-25(13-5-1)28-20-23-34-31(24-28)29-21-22-33-37(44-38(40-33)27-16-8-3-9-17-27)36(29)43(34)39-41-32-19-11-10-18-30(32)35(42-39)26-14-6-2-7-15-26/h1-24,39,42H. The van der Waals surface area contributed by atoms with Crippen molar-refractivity contribution in [2.75, 3.05) is 0 Å². The van der Waals surface area contributed by atoms with Gasteiger partial charge in [0.1, 0.15) is 5.01 Å². The zero-order chi connectivity index (χ0) is 29.0. The molecule has 0 saturated heterocycles. The molecule has 9 rings (SSSR count). The first-order chi connectivity index (χ1) is 21.8. The van der Waals surface area contributed by atoms with Crippen LogP contribution in [0.2, 0.25) is 0 Å². The smallest absolute Gasteiger partial charge is 0.201 e. The highest BCUT2D eigenvalue weighted by Gasteiger charge is 2.24. The Morgan fingerprint density at radius 2 is 1.27 bits per heavy atom. The predicted octanol–water partition coefficient (Wildman–Crippen LogP) is 8.27. The molecule has 1 atom stereocenters. The second kappa shape index (κ2) is 10.0. The normalized spacial score (nSPS) is 14.5. The van der Waals surface area contributed by atoms with Gasteiger partial charge < -0.3 is 5.32 Å². The van der Waals surface area contributed by atoms with Crippen LogP contribution in [-0.4, -0.2) is 9.55 Å². The summed E-state index contributed by atoms with van der Waals surface area (Å²) in [5.41, 5.74) is 9.03. The van der Waals surface area contributed by atoms with E-state index in [1.54, 1.807) is 11.3 Å². The summed E-state index contributed by atoms with van der Waals surface area (Å²) in [4.78, 5) is 10.4. The SMILES string of the molecule is c1ccc(C2=c3ccccc3=NC(n3c4ccc(-c5ccccc5)cc4c4ccc5nc(-c6ccccc6)sc5c43)N2)cc1. The molecule has 1 aliphatic heterocycles. The molecule has 5 heteroatoms. The summed E-state index contributed by atoms with van der Waals surface area (Å²) in [7, 11) is 0. The lowest BCUT2D eigenvalue weighted by Crippen LogP contribution is -2.41. The van der Waals surface area contributed by atoms with Gasteiger partial charge in [-0.2, -0.15) is 0 Å². The first-order valence-corrected chi connectivity index (χ1v) is 15.6. The van der Waals surface area contributed by atoms with Crippen LogP contribution in [0.3, 0.4) is 0 Å². The second-order valence-electron chi connectivity index (χ2n) is 11.1. The summed E-state index contributed by atoms with van der Waals surface area (Å²) in [6.07, 6.45) is -0.351. The molecular weight excluding hydrogens is 557 g/mol. The molecule has 1 aliphatic rings. The second-order valence-corrected chi connectivity index (χ2v) is 12.1. The maximum absolute atomic E-state index is 5.33. The van der Waals surface area contributed by atoms with Crippen molar-refractivity contribution in [3.8, 4) is 21.7 Å². The summed E-state index contributed by atoms with van der Waals surface area (Å²) in [6, 6.07) is 51.2. The van der Waals surface area contributed by atoms with E-state index in [0.717, 1.165) is 53.7 Å². The number of nitrogens with one attached hydrogen (secondary N) is 1. The Bertz CT molecular complexity index is 2420. The van der Waals surface area contributed by atoms with Crippen molar-refractivity contribution in [1.82, 2.24) is 14.9 Å². The number of thiazole rings is 1. The van der Waals surface area contributed by atoms with E-state index in [2.05, 4.69) is 149 Å². The minimum Gasteiger partial charge on any atom is -0.345 e. The summed E-state index contributed by atoms with van der Waals surface area (Å²) in [5, 5.41) is 9.37. The Kier molecular flexibility index (Phi) is 5.71. The molecule has 0 fully saturated rings. The van der Waals surface area contributed by atoms with Crippen molar-refractivity contribution in [1.29, 1.82) is 0 Å². The monoisotopic (exact) mass is 582 g/mol. The van der Waals surface area contributed by atoms with Gasteiger partial charge in [-0.05, 0) is 47.0 Å². The first kappa shape index (κ1) is 25.0. The fourth-order valence-electron chi connectivity index (χ4n) is 6.42. The average molecular weight is 583 g/mol. The zero-order valence-corrected chi connectivity index (χ0v) is 24.5. The Morgan fingerprint density at radius 3 is 2.05 bits per heavy atom. The van der Waals surface area contributed by atoms with Gasteiger partial charge in [0, 0.05) is 21.6 Å². The number of benzene rings is 6. The van der Waals surface area contributed by atoms with Crippen LogP contribution in [0.25, 0.3) is 59.4 Å². The molecule has 2 aromatic heterocycles. The molecule has 0 radical (unpaired) electrons. The number of para-hydroxylation sites is 1. The molecule has 0 spiro atoms. The van der Waals surface area contributed by atoms with Crippen LogP contribution in [0.5, 0.6) is 0 Å². The molecule has 6 aromatic carbocycles. The van der Waals surface area contributed by atoms with Gasteiger partial charge >= 0.3 is 0 Å². The van der Waals surface area contributed by atoms with E-state index in [4.69, 9.17) is 9.98 Å². The zero-order valence-electron chi connectivity index (χ0n) is 23.7. The quantitative estimate of drug-likeness (QED) is 0.227. The van der Waals surface area contributed by atoms with E-state index < -0.39 is 0 Å². The highest BCUT2D eigenvalue weighted by Crippen LogP contribution is 2.42. The summed E-state index contributed by atoms with van der Waals surface area (Å²) in [6.45, 7) is 0. The largest absolute Gasteiger partial charge is 0.345 e. The third kappa shape index (κ3) is 3.98. The first-order valence-electron chi connectivity index (χ1n) is 14.8. The van der Waals surface area contributed by atoms with E-state index in [9.17, 15) is 0 Å². The van der Waals surface area contributed by atoms with Crippen LogP contribution in [0.1, 0.15) is 11.9 Å². The van der Waals surface area contributed by atoms with Crippen LogP contribution in [0, 0.1) is 0 Å². The maximum Gasteiger partial charge on any atom is 0.201 e. The fraction of sp³-hybridized carbons (Fsp3) is 0.0256. The van der Waals surface area contributed by atoms with E-state index in [1.807, 2.05) is 6.07 Å². The van der Waals surface area contributed by atoms with Crippen LogP contribution in [0.15, 0.2) is 151 Å². The third-order valence-electron chi connectivity index (χ3n) is 8.46. The number of rotatable bonds is 4. The van der Waals surface area contributed by atoms with Gasteiger partial charge in [-0.3, -0.25) is 4.57 Å². The lowest BCUT2D eigenvalue weighted by Gasteiger charge is -2.25. The van der Waals surface area contributed by atoms with E-state index in [0.29, 0.717) is 0 Å². The lowest BCUT2D eigenvalue weighted by molar-refractivity contribution is 0.490. The molecule has 4 nitrogen and oxygen atoms in total. The highest BCUT2D eigenvalue weighted by atomic mass is 32.1. The van der Waals surface area contributed by atoms with Crippen LogP contribution in [-0.2, 0) is 0 Å². The molecule has 1 N–H and O–H groups in total. The summed E-state index contributed by atoms with van der Waals surface area (Å²) in [5.74, 6) is 0. The molecule has 0 saturated carbocycles. The molecule has 3 heterocycles. The Morgan fingerprint density at radius 1 is 0.591 bits per heavy atom. The van der Waals surface area contributed by atoms with Gasteiger partial charge in [0.25, 0.3) is 0 Å². The van der Waals surface area contributed by atoms with E-state index >= 15 is 0 Å². The van der Waals surface area contributed by atoms with Crippen LogP contribution >= 0.6 is 11.3 Å². The minimum absolute atomic E-state index is 0.351. The van der Waals surface area contributed by atoms with Crippen molar-refractivity contribution in [2.24, 2.45) is 4.99 Å². The van der Waals surface area contributed by atoms with Gasteiger partial charge in [-0.15, -0.1) is 11.3 Å².